The molecule has 3 nitrogen and oxygen atoms in total. The molecule has 1 heterocycles. The molecule has 0 radical (unpaired) electrons. The molecule has 3 heteroatoms. The fourth-order valence-electron chi connectivity index (χ4n) is 2.02. The van der Waals surface area contributed by atoms with E-state index in [2.05, 4.69) is 17.4 Å². The minimum atomic E-state index is -0.509. The summed E-state index contributed by atoms with van der Waals surface area (Å²) in [4.78, 5) is 11.7. The van der Waals surface area contributed by atoms with Crippen molar-refractivity contribution in [2.75, 3.05) is 13.2 Å². The molecule has 0 spiro atoms. The average molecular weight is 233 g/mol. The number of carbonyl (C=O) groups is 1. The number of amides is 1. The van der Waals surface area contributed by atoms with Crippen LogP contribution in [0.15, 0.2) is 30.3 Å². The molecule has 0 bridgehead atoms. The summed E-state index contributed by atoms with van der Waals surface area (Å²) in [7, 11) is 0. The van der Waals surface area contributed by atoms with Gasteiger partial charge in [0.2, 0.25) is 0 Å². The maximum absolute atomic E-state index is 11.7. The predicted molar refractivity (Wildman–Crippen MR) is 66.7 cm³/mol. The van der Waals surface area contributed by atoms with Gasteiger partial charge >= 0.3 is 0 Å². The van der Waals surface area contributed by atoms with Crippen molar-refractivity contribution in [1.29, 1.82) is 0 Å². The Kier molecular flexibility index (Phi) is 3.79. The summed E-state index contributed by atoms with van der Waals surface area (Å²) in [5.41, 5.74) is 0.810. The average Bonchev–Trinajstić information content (AvgIpc) is 3.12. The third-order valence-electron chi connectivity index (χ3n) is 3.13. The Morgan fingerprint density at radius 1 is 1.41 bits per heavy atom. The summed E-state index contributed by atoms with van der Waals surface area (Å²) in [5, 5.41) is 2.83. The van der Waals surface area contributed by atoms with Crippen LogP contribution in [-0.2, 0) is 16.0 Å². The first kappa shape index (κ1) is 12.1. The van der Waals surface area contributed by atoms with Crippen LogP contribution >= 0.6 is 0 Å². The molecule has 1 aliphatic rings. The first-order chi connectivity index (χ1) is 8.27. The van der Waals surface area contributed by atoms with Crippen LogP contribution in [0.5, 0.6) is 0 Å². The molecule has 0 saturated carbocycles. The third kappa shape index (κ3) is 3.07. The maximum Gasteiger partial charge on any atom is 0.254 e. The monoisotopic (exact) mass is 233 g/mol. The van der Waals surface area contributed by atoms with Crippen molar-refractivity contribution < 1.29 is 9.53 Å². The minimum Gasteiger partial charge on any atom is -0.359 e. The van der Waals surface area contributed by atoms with Crippen molar-refractivity contribution in [3.05, 3.63) is 35.9 Å². The van der Waals surface area contributed by atoms with Gasteiger partial charge in [-0.3, -0.25) is 4.79 Å². The molecule has 1 aromatic rings. The van der Waals surface area contributed by atoms with Gasteiger partial charge in [-0.15, -0.1) is 0 Å². The fourth-order valence-corrected chi connectivity index (χ4v) is 2.02. The molecule has 1 fully saturated rings. The minimum absolute atomic E-state index is 0.0491. The summed E-state index contributed by atoms with van der Waals surface area (Å²) < 4.78 is 5.34. The van der Waals surface area contributed by atoms with E-state index in [1.807, 2.05) is 25.1 Å². The normalized spacial score (nSPS) is 22.2. The van der Waals surface area contributed by atoms with Crippen LogP contribution in [0, 0.1) is 0 Å². The van der Waals surface area contributed by atoms with Gasteiger partial charge < -0.3 is 10.1 Å². The van der Waals surface area contributed by atoms with Crippen LogP contribution < -0.4 is 5.32 Å². The molecular weight excluding hydrogens is 214 g/mol. The van der Waals surface area contributed by atoms with Crippen molar-refractivity contribution in [3.8, 4) is 0 Å². The molecule has 92 valence electrons. The number of hydrogen-bond donors (Lipinski definition) is 1. The van der Waals surface area contributed by atoms with Crippen molar-refractivity contribution in [2.24, 2.45) is 0 Å². The SMILES string of the molecule is CCNC(=O)[C@]1(CCCc2ccccc2)CO1. The molecule has 2 rings (SSSR count). The molecular formula is C14H19NO2. The number of ether oxygens (including phenoxy) is 1. The number of nitrogens with one attached hydrogen (secondary N) is 1. The van der Waals surface area contributed by atoms with Gasteiger partial charge in [-0.05, 0) is 31.7 Å². The van der Waals surface area contributed by atoms with E-state index in [0.717, 1.165) is 19.3 Å². The van der Waals surface area contributed by atoms with Gasteiger partial charge in [0.05, 0.1) is 6.61 Å². The largest absolute Gasteiger partial charge is 0.359 e. The van der Waals surface area contributed by atoms with Gasteiger partial charge in [-0.25, -0.2) is 0 Å². The molecule has 17 heavy (non-hydrogen) atoms. The summed E-state index contributed by atoms with van der Waals surface area (Å²) in [6, 6.07) is 10.3. The van der Waals surface area contributed by atoms with E-state index in [1.54, 1.807) is 0 Å². The summed E-state index contributed by atoms with van der Waals surface area (Å²) in [6.07, 6.45) is 2.81. The van der Waals surface area contributed by atoms with E-state index in [0.29, 0.717) is 13.2 Å². The Morgan fingerprint density at radius 3 is 2.71 bits per heavy atom. The third-order valence-corrected chi connectivity index (χ3v) is 3.13. The predicted octanol–water partition coefficient (Wildman–Crippen LogP) is 1.91. The quantitative estimate of drug-likeness (QED) is 0.763. The Labute approximate surface area is 102 Å². The number of rotatable bonds is 6. The topological polar surface area (TPSA) is 41.6 Å². The van der Waals surface area contributed by atoms with Gasteiger partial charge in [0.1, 0.15) is 0 Å². The summed E-state index contributed by atoms with van der Waals surface area (Å²) >= 11 is 0. The van der Waals surface area contributed by atoms with Gasteiger partial charge in [0.25, 0.3) is 5.91 Å². The summed E-state index contributed by atoms with van der Waals surface area (Å²) in [5.74, 6) is 0.0491. The molecule has 1 aromatic carbocycles. The number of aryl methyl sites for hydroxylation is 1. The van der Waals surface area contributed by atoms with Crippen LogP contribution in [0.4, 0.5) is 0 Å². The highest BCUT2D eigenvalue weighted by atomic mass is 16.6. The van der Waals surface area contributed by atoms with Gasteiger partial charge in [-0.1, -0.05) is 30.3 Å². The molecule has 0 unspecified atom stereocenters. The first-order valence-electron chi connectivity index (χ1n) is 6.23. The molecule has 1 atom stereocenters. The summed E-state index contributed by atoms with van der Waals surface area (Å²) in [6.45, 7) is 3.17. The molecule has 1 amide bonds. The zero-order valence-electron chi connectivity index (χ0n) is 10.2. The molecule has 0 aromatic heterocycles. The van der Waals surface area contributed by atoms with Crippen LogP contribution in [-0.4, -0.2) is 24.7 Å². The van der Waals surface area contributed by atoms with Crippen molar-refractivity contribution in [2.45, 2.75) is 31.8 Å². The van der Waals surface area contributed by atoms with E-state index in [4.69, 9.17) is 4.74 Å². The zero-order chi connectivity index (χ0) is 12.1. The standard InChI is InChI=1S/C14H19NO2/c1-2-15-13(16)14(11-17-14)10-6-9-12-7-4-3-5-8-12/h3-5,7-8H,2,6,9-11H2,1H3,(H,15,16)/t14-/m0/s1. The van der Waals surface area contributed by atoms with E-state index in [1.165, 1.54) is 5.56 Å². The van der Waals surface area contributed by atoms with Crippen molar-refractivity contribution >= 4 is 5.91 Å². The number of likely N-dealkylation sites (N-methyl/N-ethyl adjacent to an activating group) is 1. The van der Waals surface area contributed by atoms with Crippen LogP contribution in [0.3, 0.4) is 0 Å². The zero-order valence-corrected chi connectivity index (χ0v) is 10.2. The lowest BCUT2D eigenvalue weighted by Gasteiger charge is -2.11. The Morgan fingerprint density at radius 2 is 2.12 bits per heavy atom. The number of hydrogen-bond acceptors (Lipinski definition) is 2. The van der Waals surface area contributed by atoms with Crippen LogP contribution in [0.25, 0.3) is 0 Å². The molecule has 1 saturated heterocycles. The first-order valence-corrected chi connectivity index (χ1v) is 6.23. The second kappa shape index (κ2) is 5.32. The molecule has 1 aliphatic heterocycles. The second-order valence-electron chi connectivity index (χ2n) is 4.48. The number of carbonyl (C=O) groups excluding carboxylic acids is 1. The lowest BCUT2D eigenvalue weighted by atomic mass is 9.99. The Balaban J connectivity index is 1.77. The van der Waals surface area contributed by atoms with E-state index < -0.39 is 5.60 Å². The van der Waals surface area contributed by atoms with Gasteiger partial charge in [0, 0.05) is 6.54 Å². The highest BCUT2D eigenvalue weighted by molar-refractivity contribution is 5.87. The highest BCUT2D eigenvalue weighted by Crippen LogP contribution is 2.32. The Hall–Kier alpha value is -1.35. The Bertz CT molecular complexity index is 371. The van der Waals surface area contributed by atoms with E-state index in [9.17, 15) is 4.79 Å². The van der Waals surface area contributed by atoms with Gasteiger partial charge in [-0.2, -0.15) is 0 Å². The lowest BCUT2D eigenvalue weighted by Crippen LogP contribution is -2.37. The van der Waals surface area contributed by atoms with Crippen LogP contribution in [0.1, 0.15) is 25.3 Å². The number of epoxide rings is 1. The number of benzene rings is 1. The van der Waals surface area contributed by atoms with Crippen molar-refractivity contribution in [1.82, 2.24) is 5.32 Å². The van der Waals surface area contributed by atoms with E-state index >= 15 is 0 Å². The molecule has 0 aliphatic carbocycles. The second-order valence-corrected chi connectivity index (χ2v) is 4.48. The fraction of sp³-hybridized carbons (Fsp3) is 0.500. The lowest BCUT2D eigenvalue weighted by molar-refractivity contribution is -0.126. The maximum atomic E-state index is 11.7. The van der Waals surface area contributed by atoms with E-state index in [-0.39, 0.29) is 5.91 Å². The van der Waals surface area contributed by atoms with Crippen LogP contribution in [0.2, 0.25) is 0 Å². The highest BCUT2D eigenvalue weighted by Gasteiger charge is 2.51. The molecule has 1 N–H and O–H groups in total. The van der Waals surface area contributed by atoms with Gasteiger partial charge in [0.15, 0.2) is 5.60 Å². The van der Waals surface area contributed by atoms with Crippen molar-refractivity contribution in [3.63, 3.8) is 0 Å². The smallest absolute Gasteiger partial charge is 0.254 e.